The van der Waals surface area contributed by atoms with Crippen LogP contribution < -0.4 is 0 Å². The molecule has 2 saturated heterocycles. The highest BCUT2D eigenvalue weighted by molar-refractivity contribution is 6.24. The van der Waals surface area contributed by atoms with Gasteiger partial charge in [-0.25, -0.2) is 0 Å². The Hall–Kier alpha value is -2.11. The number of ether oxygens (including phenoxy) is 1. The van der Waals surface area contributed by atoms with Gasteiger partial charge in [0.1, 0.15) is 0 Å². The number of allylic oxidation sites excluding steroid dienone is 2. The second-order valence-electron chi connectivity index (χ2n) is 5.88. The molecule has 6 heteroatoms. The second-order valence-corrected chi connectivity index (χ2v) is 5.88. The highest BCUT2D eigenvalue weighted by Crippen LogP contribution is 2.35. The van der Waals surface area contributed by atoms with Crippen LogP contribution in [0.1, 0.15) is 26.7 Å². The van der Waals surface area contributed by atoms with Crippen LogP contribution in [0.5, 0.6) is 0 Å². The number of carbonyl (C=O) groups is 3. The normalized spacial score (nSPS) is 20.8. The van der Waals surface area contributed by atoms with E-state index in [1.54, 1.807) is 6.92 Å². The number of rotatable bonds is 6. The molecular weight excluding hydrogens is 284 g/mol. The van der Waals surface area contributed by atoms with Crippen molar-refractivity contribution < 1.29 is 19.1 Å². The van der Waals surface area contributed by atoms with Gasteiger partial charge in [-0.15, -0.1) is 0 Å². The number of hydrogen-bond acceptors (Lipinski definition) is 6. The Morgan fingerprint density at radius 3 is 2.18 bits per heavy atom. The lowest BCUT2D eigenvalue weighted by molar-refractivity contribution is -0.141. The Balaban J connectivity index is 1.80. The van der Waals surface area contributed by atoms with Gasteiger partial charge in [0.05, 0.1) is 18.0 Å². The van der Waals surface area contributed by atoms with E-state index >= 15 is 0 Å². The van der Waals surface area contributed by atoms with Crippen molar-refractivity contribution >= 4 is 17.5 Å². The summed E-state index contributed by atoms with van der Waals surface area (Å²) in [6, 6.07) is 0. The fraction of sp³-hybridized carbons (Fsp3) is 0.562. The summed E-state index contributed by atoms with van der Waals surface area (Å²) in [7, 11) is 0. The maximum absolute atomic E-state index is 12.8. The van der Waals surface area contributed by atoms with E-state index in [0.717, 1.165) is 26.2 Å². The van der Waals surface area contributed by atoms with E-state index in [1.165, 1.54) is 6.92 Å². The van der Waals surface area contributed by atoms with Crippen LogP contribution in [0.15, 0.2) is 22.5 Å². The number of carbonyl (C=O) groups excluding carboxylic acids is 3. The molecule has 6 nitrogen and oxygen atoms in total. The number of Topliss-reactive ketones (excluding diaryl/α,β-unsaturated/α-hetero) is 2. The summed E-state index contributed by atoms with van der Waals surface area (Å²) in [5, 5.41) is 0. The highest BCUT2D eigenvalue weighted by atomic mass is 16.5. The van der Waals surface area contributed by atoms with Crippen molar-refractivity contribution in [2.24, 2.45) is 0 Å². The molecule has 22 heavy (non-hydrogen) atoms. The van der Waals surface area contributed by atoms with E-state index in [9.17, 15) is 14.4 Å². The number of hydrogen-bond donors (Lipinski definition) is 0. The van der Waals surface area contributed by atoms with Crippen molar-refractivity contribution in [3.8, 4) is 0 Å². The zero-order valence-electron chi connectivity index (χ0n) is 13.0. The molecule has 0 amide bonds. The van der Waals surface area contributed by atoms with Crippen LogP contribution in [-0.4, -0.2) is 60.1 Å². The molecule has 2 heterocycles. The summed E-state index contributed by atoms with van der Waals surface area (Å²) < 4.78 is 4.92. The summed E-state index contributed by atoms with van der Waals surface area (Å²) in [4.78, 5) is 40.1. The van der Waals surface area contributed by atoms with Crippen molar-refractivity contribution in [1.82, 2.24) is 9.80 Å². The van der Waals surface area contributed by atoms with Crippen molar-refractivity contribution in [2.75, 3.05) is 32.8 Å². The zero-order chi connectivity index (χ0) is 15.9. The first-order valence-corrected chi connectivity index (χ1v) is 7.67. The molecule has 3 aliphatic rings. The molecule has 0 radical (unpaired) electrons. The molecule has 2 fully saturated rings. The fourth-order valence-corrected chi connectivity index (χ4v) is 2.80. The lowest BCUT2D eigenvalue weighted by Crippen LogP contribution is -2.29. The van der Waals surface area contributed by atoms with E-state index in [-0.39, 0.29) is 24.1 Å². The Morgan fingerprint density at radius 1 is 1.05 bits per heavy atom. The van der Waals surface area contributed by atoms with Gasteiger partial charge in [0.15, 0.2) is 0 Å². The van der Waals surface area contributed by atoms with Crippen LogP contribution in [0, 0.1) is 0 Å². The van der Waals surface area contributed by atoms with E-state index in [2.05, 4.69) is 0 Å². The van der Waals surface area contributed by atoms with Gasteiger partial charge >= 0.3 is 5.97 Å². The summed E-state index contributed by atoms with van der Waals surface area (Å²) >= 11 is 0. The van der Waals surface area contributed by atoms with E-state index in [4.69, 9.17) is 4.74 Å². The first kappa shape index (κ1) is 14.8. The van der Waals surface area contributed by atoms with Gasteiger partial charge in [0, 0.05) is 44.2 Å². The van der Waals surface area contributed by atoms with E-state index in [1.807, 2.05) is 9.80 Å². The quantitative estimate of drug-likeness (QED) is 0.310. The third kappa shape index (κ3) is 2.77. The zero-order valence-corrected chi connectivity index (χ0v) is 13.0. The highest BCUT2D eigenvalue weighted by Gasteiger charge is 2.41. The molecular formula is C16H20N2O4. The number of ketones is 2. The largest absolute Gasteiger partial charge is 0.466 e. The molecule has 3 rings (SSSR count). The first-order valence-electron chi connectivity index (χ1n) is 7.67. The van der Waals surface area contributed by atoms with Crippen molar-refractivity contribution in [1.29, 1.82) is 0 Å². The SMILES string of the molecule is CC(=O)OCCCC1=C(N2CC2)C(=O)C(C)=C(N2CC2)C1=O. The molecule has 2 aliphatic heterocycles. The molecule has 0 N–H and O–H groups in total. The summed E-state index contributed by atoms with van der Waals surface area (Å²) in [6.45, 7) is 6.71. The van der Waals surface area contributed by atoms with Crippen LogP contribution in [0.3, 0.4) is 0 Å². The Labute approximate surface area is 129 Å². The Morgan fingerprint density at radius 2 is 1.64 bits per heavy atom. The molecule has 0 spiro atoms. The lowest BCUT2D eigenvalue weighted by atomic mass is 9.89. The van der Waals surface area contributed by atoms with Crippen LogP contribution in [0.4, 0.5) is 0 Å². The average Bonchev–Trinajstić information content (AvgIpc) is 3.32. The second kappa shape index (κ2) is 5.59. The van der Waals surface area contributed by atoms with Crippen molar-refractivity contribution in [3.05, 3.63) is 22.5 Å². The third-order valence-corrected chi connectivity index (χ3v) is 4.09. The van der Waals surface area contributed by atoms with Crippen LogP contribution in [-0.2, 0) is 19.1 Å². The number of esters is 1. The van der Waals surface area contributed by atoms with Crippen molar-refractivity contribution in [2.45, 2.75) is 26.7 Å². The van der Waals surface area contributed by atoms with Gasteiger partial charge in [0.2, 0.25) is 11.6 Å². The molecule has 0 bridgehead atoms. The van der Waals surface area contributed by atoms with E-state index < -0.39 is 0 Å². The Bertz CT molecular complexity index is 610. The number of nitrogens with zero attached hydrogens (tertiary/aromatic N) is 2. The average molecular weight is 304 g/mol. The minimum absolute atomic E-state index is 0.0264. The molecule has 0 unspecified atom stereocenters. The van der Waals surface area contributed by atoms with Crippen LogP contribution in [0.2, 0.25) is 0 Å². The summed E-state index contributed by atoms with van der Waals surface area (Å²) in [6.07, 6.45) is 1.02. The minimum Gasteiger partial charge on any atom is -0.466 e. The lowest BCUT2D eigenvalue weighted by Gasteiger charge is -2.24. The van der Waals surface area contributed by atoms with Gasteiger partial charge in [-0.2, -0.15) is 0 Å². The fourth-order valence-electron chi connectivity index (χ4n) is 2.80. The first-order chi connectivity index (χ1) is 10.5. The van der Waals surface area contributed by atoms with Gasteiger partial charge < -0.3 is 14.5 Å². The summed E-state index contributed by atoms with van der Waals surface area (Å²) in [5.74, 6) is -0.382. The summed E-state index contributed by atoms with van der Waals surface area (Å²) in [5.41, 5.74) is 2.28. The molecule has 0 aromatic carbocycles. The molecule has 0 saturated carbocycles. The molecule has 0 aromatic rings. The predicted octanol–water partition coefficient (Wildman–Crippen LogP) is 0.641. The van der Waals surface area contributed by atoms with E-state index in [0.29, 0.717) is 35.4 Å². The standard InChI is InChI=1S/C16H20N2O4/c1-10-13(17-5-6-17)16(21)12(4-3-9-22-11(2)19)14(15(10)20)18-7-8-18/h3-9H2,1-2H3. The van der Waals surface area contributed by atoms with Crippen molar-refractivity contribution in [3.63, 3.8) is 0 Å². The van der Waals surface area contributed by atoms with Crippen LogP contribution in [0.25, 0.3) is 0 Å². The maximum atomic E-state index is 12.8. The van der Waals surface area contributed by atoms with Gasteiger partial charge in [-0.3, -0.25) is 14.4 Å². The third-order valence-electron chi connectivity index (χ3n) is 4.09. The molecule has 1 aliphatic carbocycles. The monoisotopic (exact) mass is 304 g/mol. The van der Waals surface area contributed by atoms with Crippen LogP contribution >= 0.6 is 0 Å². The predicted molar refractivity (Wildman–Crippen MR) is 78.8 cm³/mol. The molecule has 118 valence electrons. The maximum Gasteiger partial charge on any atom is 0.302 e. The van der Waals surface area contributed by atoms with Gasteiger partial charge in [-0.05, 0) is 19.8 Å². The smallest absolute Gasteiger partial charge is 0.302 e. The topological polar surface area (TPSA) is 66.5 Å². The van der Waals surface area contributed by atoms with Gasteiger partial charge in [-0.1, -0.05) is 0 Å². The molecule has 0 aromatic heterocycles. The molecule has 0 atom stereocenters. The minimum atomic E-state index is -0.327. The Kier molecular flexibility index (Phi) is 3.76. The van der Waals surface area contributed by atoms with Gasteiger partial charge in [0.25, 0.3) is 0 Å².